The molecule has 1 heterocycles. The van der Waals surface area contributed by atoms with Crippen LogP contribution in [0.4, 0.5) is 0 Å². The third-order valence-electron chi connectivity index (χ3n) is 3.61. The minimum atomic E-state index is -1.11. The maximum atomic E-state index is 12.5. The molecule has 0 aliphatic rings. The molecule has 1 aromatic heterocycles. The number of nitrogens with zero attached hydrogens (tertiary/aromatic N) is 2. The van der Waals surface area contributed by atoms with Gasteiger partial charge >= 0.3 is 5.97 Å². The van der Waals surface area contributed by atoms with Crippen LogP contribution < -0.4 is 5.32 Å². The highest BCUT2D eigenvalue weighted by Gasteiger charge is 2.24. The second-order valence-electron chi connectivity index (χ2n) is 6.02. The van der Waals surface area contributed by atoms with Crippen LogP contribution in [-0.4, -0.2) is 26.8 Å². The molecule has 6 nitrogen and oxygen atoms in total. The number of carboxylic acids is 1. The van der Waals surface area contributed by atoms with E-state index in [1.807, 2.05) is 0 Å². The van der Waals surface area contributed by atoms with Crippen LogP contribution in [0.3, 0.4) is 0 Å². The van der Waals surface area contributed by atoms with Gasteiger partial charge in [-0.1, -0.05) is 41.9 Å². The first kappa shape index (κ1) is 18.2. The van der Waals surface area contributed by atoms with E-state index in [9.17, 15) is 14.7 Å². The van der Waals surface area contributed by atoms with Gasteiger partial charge in [0, 0.05) is 16.7 Å². The smallest absolute Gasteiger partial charge is 0.330 e. The lowest BCUT2D eigenvalue weighted by Crippen LogP contribution is -2.34. The molecule has 2 rings (SSSR count). The summed E-state index contributed by atoms with van der Waals surface area (Å²) in [6.07, 6.45) is 1.48. The molecule has 0 saturated heterocycles. The first-order valence-electron chi connectivity index (χ1n) is 7.61. The number of carbonyl (C=O) groups is 2. The summed E-state index contributed by atoms with van der Waals surface area (Å²) in [5, 5.41) is 16.2. The Morgan fingerprint density at radius 2 is 1.92 bits per heavy atom. The van der Waals surface area contributed by atoms with E-state index in [0.29, 0.717) is 23.6 Å². The van der Waals surface area contributed by atoms with E-state index < -0.39 is 17.9 Å². The average molecular weight is 394 g/mol. The molecule has 0 aliphatic carbocycles. The fraction of sp³-hybridized carbons (Fsp3) is 0.353. The zero-order chi connectivity index (χ0) is 17.9. The molecule has 7 heteroatoms. The van der Waals surface area contributed by atoms with Crippen LogP contribution in [0.15, 0.2) is 34.9 Å². The summed E-state index contributed by atoms with van der Waals surface area (Å²) in [6, 6.07) is 5.70. The standard InChI is InChI=1S/C17H20BrN3O3/c1-10(2)9-21-11(3)14(8-19-21)16(22)20-15(17(23)24)12-4-6-13(18)7-5-12/h4-8,10,15H,9H2,1-3H3,(H,20,22)(H,23,24). The van der Waals surface area contributed by atoms with Crippen LogP contribution in [0.2, 0.25) is 0 Å². The van der Waals surface area contributed by atoms with Gasteiger partial charge in [0.1, 0.15) is 0 Å². The fourth-order valence-corrected chi connectivity index (χ4v) is 2.62. The number of amides is 1. The summed E-state index contributed by atoms with van der Waals surface area (Å²) in [5.74, 6) is -1.16. The van der Waals surface area contributed by atoms with E-state index in [1.165, 1.54) is 6.20 Å². The van der Waals surface area contributed by atoms with Crippen LogP contribution in [0, 0.1) is 12.8 Å². The molecular weight excluding hydrogens is 374 g/mol. The van der Waals surface area contributed by atoms with Crippen molar-refractivity contribution < 1.29 is 14.7 Å². The molecule has 0 fully saturated rings. The summed E-state index contributed by atoms with van der Waals surface area (Å²) in [5.41, 5.74) is 1.62. The van der Waals surface area contributed by atoms with E-state index >= 15 is 0 Å². The second kappa shape index (κ2) is 7.61. The first-order valence-corrected chi connectivity index (χ1v) is 8.40. The molecule has 0 bridgehead atoms. The third kappa shape index (κ3) is 4.23. The van der Waals surface area contributed by atoms with Crippen molar-refractivity contribution in [1.29, 1.82) is 0 Å². The number of hydrogen-bond acceptors (Lipinski definition) is 3. The zero-order valence-corrected chi connectivity index (χ0v) is 15.4. The maximum Gasteiger partial charge on any atom is 0.330 e. The normalized spacial score (nSPS) is 12.2. The summed E-state index contributed by atoms with van der Waals surface area (Å²) in [7, 11) is 0. The lowest BCUT2D eigenvalue weighted by Gasteiger charge is -2.15. The SMILES string of the molecule is Cc1c(C(=O)NC(C(=O)O)c2ccc(Br)cc2)cnn1CC(C)C. The zero-order valence-electron chi connectivity index (χ0n) is 13.8. The van der Waals surface area contributed by atoms with E-state index in [-0.39, 0.29) is 0 Å². The summed E-state index contributed by atoms with van der Waals surface area (Å²) in [4.78, 5) is 24.0. The van der Waals surface area contributed by atoms with E-state index in [2.05, 4.69) is 40.2 Å². The number of benzene rings is 1. The predicted molar refractivity (Wildman–Crippen MR) is 93.8 cm³/mol. The van der Waals surface area contributed by atoms with Crippen LogP contribution in [0.1, 0.15) is 41.5 Å². The number of hydrogen-bond donors (Lipinski definition) is 2. The molecule has 2 aromatic rings. The highest BCUT2D eigenvalue weighted by atomic mass is 79.9. The van der Waals surface area contributed by atoms with E-state index in [0.717, 1.165) is 10.2 Å². The van der Waals surface area contributed by atoms with Gasteiger partial charge in [0.05, 0.1) is 11.8 Å². The van der Waals surface area contributed by atoms with Crippen LogP contribution in [0.25, 0.3) is 0 Å². The topological polar surface area (TPSA) is 84.2 Å². The van der Waals surface area contributed by atoms with Crippen LogP contribution in [-0.2, 0) is 11.3 Å². The van der Waals surface area contributed by atoms with Crippen molar-refractivity contribution in [2.45, 2.75) is 33.4 Å². The number of carboxylic acid groups (broad SMARTS) is 1. The molecule has 24 heavy (non-hydrogen) atoms. The third-order valence-corrected chi connectivity index (χ3v) is 4.14. The van der Waals surface area contributed by atoms with Gasteiger partial charge in [-0.2, -0.15) is 5.10 Å². The lowest BCUT2D eigenvalue weighted by atomic mass is 10.1. The molecule has 1 atom stereocenters. The number of nitrogens with one attached hydrogen (secondary N) is 1. The average Bonchev–Trinajstić information content (AvgIpc) is 2.86. The van der Waals surface area contributed by atoms with Gasteiger partial charge in [0.2, 0.25) is 0 Å². The summed E-state index contributed by atoms with van der Waals surface area (Å²) < 4.78 is 2.60. The monoisotopic (exact) mass is 393 g/mol. The quantitative estimate of drug-likeness (QED) is 0.789. The minimum absolute atomic E-state index is 0.388. The molecule has 0 spiro atoms. The Bertz CT molecular complexity index is 738. The van der Waals surface area contributed by atoms with Crippen molar-refractivity contribution in [3.8, 4) is 0 Å². The Morgan fingerprint density at radius 3 is 2.46 bits per heavy atom. The molecule has 1 aromatic carbocycles. The maximum absolute atomic E-state index is 12.5. The highest BCUT2D eigenvalue weighted by molar-refractivity contribution is 9.10. The van der Waals surface area contributed by atoms with Gasteiger partial charge in [-0.3, -0.25) is 9.48 Å². The predicted octanol–water partition coefficient (Wildman–Crippen LogP) is 3.17. The van der Waals surface area contributed by atoms with Crippen molar-refractivity contribution in [1.82, 2.24) is 15.1 Å². The second-order valence-corrected chi connectivity index (χ2v) is 6.93. The van der Waals surface area contributed by atoms with Crippen molar-refractivity contribution in [2.24, 2.45) is 5.92 Å². The Kier molecular flexibility index (Phi) is 5.77. The molecule has 1 unspecified atom stereocenters. The van der Waals surface area contributed by atoms with Gasteiger partial charge in [-0.25, -0.2) is 4.79 Å². The lowest BCUT2D eigenvalue weighted by molar-refractivity contribution is -0.139. The summed E-state index contributed by atoms with van der Waals surface area (Å²) >= 11 is 3.31. The number of aliphatic carboxylic acids is 1. The largest absolute Gasteiger partial charge is 0.479 e. The number of aromatic nitrogens is 2. The Morgan fingerprint density at radius 1 is 1.29 bits per heavy atom. The van der Waals surface area contributed by atoms with Crippen molar-refractivity contribution >= 4 is 27.8 Å². The Hall–Kier alpha value is -2.15. The van der Waals surface area contributed by atoms with Crippen molar-refractivity contribution in [3.63, 3.8) is 0 Å². The molecule has 2 N–H and O–H groups in total. The number of carbonyl (C=O) groups excluding carboxylic acids is 1. The van der Waals surface area contributed by atoms with Crippen LogP contribution >= 0.6 is 15.9 Å². The van der Waals surface area contributed by atoms with Gasteiger partial charge in [-0.05, 0) is 30.5 Å². The Balaban J connectivity index is 2.21. The van der Waals surface area contributed by atoms with Gasteiger partial charge in [0.15, 0.2) is 6.04 Å². The summed E-state index contributed by atoms with van der Waals surface area (Å²) in [6.45, 7) is 6.64. The fourth-order valence-electron chi connectivity index (χ4n) is 2.35. The minimum Gasteiger partial charge on any atom is -0.479 e. The van der Waals surface area contributed by atoms with Crippen LogP contribution in [0.5, 0.6) is 0 Å². The highest BCUT2D eigenvalue weighted by Crippen LogP contribution is 2.18. The van der Waals surface area contributed by atoms with E-state index in [1.54, 1.807) is 35.9 Å². The molecule has 128 valence electrons. The first-order chi connectivity index (χ1) is 11.3. The van der Waals surface area contributed by atoms with Crippen molar-refractivity contribution in [2.75, 3.05) is 0 Å². The molecule has 0 aliphatic heterocycles. The van der Waals surface area contributed by atoms with E-state index in [4.69, 9.17) is 0 Å². The van der Waals surface area contributed by atoms with Crippen molar-refractivity contribution in [3.05, 3.63) is 51.8 Å². The van der Waals surface area contributed by atoms with Gasteiger partial charge in [-0.15, -0.1) is 0 Å². The molecule has 1 amide bonds. The number of rotatable bonds is 6. The molecular formula is C17H20BrN3O3. The number of halogens is 1. The molecule has 0 radical (unpaired) electrons. The van der Waals surface area contributed by atoms with Gasteiger partial charge < -0.3 is 10.4 Å². The Labute approximate surface area is 149 Å². The van der Waals surface area contributed by atoms with Gasteiger partial charge in [0.25, 0.3) is 5.91 Å². The molecule has 0 saturated carbocycles.